The van der Waals surface area contributed by atoms with E-state index in [1.807, 2.05) is 41.9 Å². The van der Waals surface area contributed by atoms with Crippen LogP contribution in [0.15, 0.2) is 23.2 Å². The number of ether oxygens (including phenoxy) is 1. The highest BCUT2D eigenvalue weighted by Gasteiger charge is 2.22. The molecule has 10 heteroatoms. The Kier molecular flexibility index (Phi) is 9.08. The molecule has 2 N–H and O–H groups in total. The van der Waals surface area contributed by atoms with Crippen molar-refractivity contribution in [3.05, 3.63) is 35.5 Å². The molecule has 9 nitrogen and oxygen atoms in total. The lowest BCUT2D eigenvalue weighted by Crippen LogP contribution is -2.47. The molecule has 2 aromatic rings. The van der Waals surface area contributed by atoms with E-state index < -0.39 is 0 Å². The highest BCUT2D eigenvalue weighted by Crippen LogP contribution is 2.14. The number of aryl methyl sites for hydroxylation is 1. The first kappa shape index (κ1) is 23.3. The van der Waals surface area contributed by atoms with Crippen molar-refractivity contribution in [3.8, 4) is 0 Å². The van der Waals surface area contributed by atoms with E-state index in [4.69, 9.17) is 9.73 Å². The minimum absolute atomic E-state index is 0. The predicted molar refractivity (Wildman–Crippen MR) is 125 cm³/mol. The molecule has 0 spiro atoms. The van der Waals surface area contributed by atoms with Crippen LogP contribution in [-0.2, 0) is 30.9 Å². The van der Waals surface area contributed by atoms with Crippen LogP contribution in [0.25, 0.3) is 0 Å². The zero-order valence-corrected chi connectivity index (χ0v) is 19.9. The molecule has 160 valence electrons. The van der Waals surface area contributed by atoms with Crippen LogP contribution in [0, 0.1) is 0 Å². The number of halogens is 1. The number of nitrogens with zero attached hydrogens (tertiary/aromatic N) is 6. The standard InChI is InChI=1S/C19H30N8O.HI/c1-5-20-19(21-11-14-7-6-8-17(22-14)26(2)3)23-15-9-10-18-24-16(13-28-4)25-27(18)12-15;/h6-8,15H,5,9-13H2,1-4H3,(H2,20,21,23);1H. The van der Waals surface area contributed by atoms with Crippen molar-refractivity contribution in [2.24, 2.45) is 4.99 Å². The van der Waals surface area contributed by atoms with E-state index in [0.29, 0.717) is 13.2 Å². The maximum absolute atomic E-state index is 5.13. The molecular weight excluding hydrogens is 483 g/mol. The smallest absolute Gasteiger partial charge is 0.191 e. The second-order valence-electron chi connectivity index (χ2n) is 7.02. The average molecular weight is 514 g/mol. The molecule has 0 fully saturated rings. The fourth-order valence-corrected chi connectivity index (χ4v) is 3.15. The summed E-state index contributed by atoms with van der Waals surface area (Å²) in [7, 11) is 5.63. The first-order chi connectivity index (χ1) is 13.6. The third-order valence-corrected chi connectivity index (χ3v) is 4.51. The van der Waals surface area contributed by atoms with Crippen LogP contribution in [0.3, 0.4) is 0 Å². The second kappa shape index (κ2) is 11.3. The van der Waals surface area contributed by atoms with Gasteiger partial charge in [-0.3, -0.25) is 0 Å². The van der Waals surface area contributed by atoms with Crippen LogP contribution in [0.4, 0.5) is 5.82 Å². The Bertz CT molecular complexity index is 807. The number of hydrogen-bond donors (Lipinski definition) is 2. The Morgan fingerprint density at radius 2 is 2.17 bits per heavy atom. The van der Waals surface area contributed by atoms with Crippen molar-refractivity contribution in [2.45, 2.75) is 45.5 Å². The fraction of sp³-hybridized carbons (Fsp3) is 0.579. The van der Waals surface area contributed by atoms with Crippen LogP contribution < -0.4 is 15.5 Å². The number of anilines is 1. The molecule has 0 saturated carbocycles. The molecule has 0 aliphatic carbocycles. The highest BCUT2D eigenvalue weighted by atomic mass is 127. The molecule has 3 heterocycles. The molecule has 1 aliphatic rings. The number of methoxy groups -OCH3 is 1. The zero-order chi connectivity index (χ0) is 19.9. The van der Waals surface area contributed by atoms with Gasteiger partial charge in [0.15, 0.2) is 11.8 Å². The molecular formula is C19H31IN8O. The number of aliphatic imine (C=N–C) groups is 1. The Morgan fingerprint density at radius 3 is 2.90 bits per heavy atom. The SMILES string of the molecule is CCNC(=NCc1cccc(N(C)C)n1)NC1CCc2nc(COC)nn2C1.I. The molecule has 1 atom stereocenters. The van der Waals surface area contributed by atoms with Crippen molar-refractivity contribution in [2.75, 3.05) is 32.6 Å². The van der Waals surface area contributed by atoms with Gasteiger partial charge in [-0.25, -0.2) is 19.6 Å². The molecule has 3 rings (SSSR count). The summed E-state index contributed by atoms with van der Waals surface area (Å²) in [6.45, 7) is 4.61. The van der Waals surface area contributed by atoms with Crippen LogP contribution in [0.1, 0.15) is 30.7 Å². The van der Waals surface area contributed by atoms with Crippen LogP contribution in [-0.4, -0.2) is 59.5 Å². The van der Waals surface area contributed by atoms with Crippen LogP contribution in [0.2, 0.25) is 0 Å². The Morgan fingerprint density at radius 1 is 1.34 bits per heavy atom. The number of nitrogens with one attached hydrogen (secondary N) is 2. The normalized spacial score (nSPS) is 16.0. The van der Waals surface area contributed by atoms with Gasteiger partial charge in [-0.2, -0.15) is 5.10 Å². The van der Waals surface area contributed by atoms with Crippen molar-refractivity contribution in [3.63, 3.8) is 0 Å². The number of pyridine rings is 1. The first-order valence-electron chi connectivity index (χ1n) is 9.68. The molecule has 0 bridgehead atoms. The van der Waals surface area contributed by atoms with E-state index in [0.717, 1.165) is 55.1 Å². The van der Waals surface area contributed by atoms with E-state index >= 15 is 0 Å². The Labute approximate surface area is 189 Å². The van der Waals surface area contributed by atoms with Crippen molar-refractivity contribution < 1.29 is 4.74 Å². The topological polar surface area (TPSA) is 92.5 Å². The second-order valence-corrected chi connectivity index (χ2v) is 7.02. The minimum Gasteiger partial charge on any atom is -0.377 e. The quantitative estimate of drug-likeness (QED) is 0.329. The van der Waals surface area contributed by atoms with E-state index in [1.165, 1.54) is 0 Å². The van der Waals surface area contributed by atoms with Crippen molar-refractivity contribution in [1.29, 1.82) is 0 Å². The molecule has 0 saturated heterocycles. The summed E-state index contributed by atoms with van der Waals surface area (Å²) in [4.78, 5) is 15.9. The molecule has 1 unspecified atom stereocenters. The lowest BCUT2D eigenvalue weighted by atomic mass is 10.1. The fourth-order valence-electron chi connectivity index (χ4n) is 3.15. The van der Waals surface area contributed by atoms with Gasteiger partial charge < -0.3 is 20.3 Å². The summed E-state index contributed by atoms with van der Waals surface area (Å²) < 4.78 is 7.11. The number of hydrogen-bond acceptors (Lipinski definition) is 6. The van der Waals surface area contributed by atoms with Crippen molar-refractivity contribution in [1.82, 2.24) is 30.4 Å². The van der Waals surface area contributed by atoms with E-state index in [-0.39, 0.29) is 30.0 Å². The van der Waals surface area contributed by atoms with Crippen molar-refractivity contribution >= 4 is 35.8 Å². The van der Waals surface area contributed by atoms with Gasteiger partial charge >= 0.3 is 0 Å². The van der Waals surface area contributed by atoms with E-state index in [9.17, 15) is 0 Å². The van der Waals surface area contributed by atoms with Crippen LogP contribution in [0.5, 0.6) is 0 Å². The Balaban J connectivity index is 0.00000300. The Hall–Kier alpha value is -1.95. The van der Waals surface area contributed by atoms with Gasteiger partial charge in [0, 0.05) is 40.2 Å². The van der Waals surface area contributed by atoms with E-state index in [2.05, 4.69) is 32.6 Å². The summed E-state index contributed by atoms with van der Waals surface area (Å²) in [5, 5.41) is 11.4. The monoisotopic (exact) mass is 514 g/mol. The molecule has 29 heavy (non-hydrogen) atoms. The largest absolute Gasteiger partial charge is 0.377 e. The number of aromatic nitrogens is 4. The predicted octanol–water partition coefficient (Wildman–Crippen LogP) is 1.57. The van der Waals surface area contributed by atoms with Gasteiger partial charge in [-0.05, 0) is 25.5 Å². The summed E-state index contributed by atoms with van der Waals surface area (Å²) in [5.74, 6) is 3.50. The van der Waals surface area contributed by atoms with Gasteiger partial charge in [-0.15, -0.1) is 24.0 Å². The molecule has 0 amide bonds. The molecule has 0 aromatic carbocycles. The third kappa shape index (κ3) is 6.53. The lowest BCUT2D eigenvalue weighted by Gasteiger charge is -2.25. The lowest BCUT2D eigenvalue weighted by molar-refractivity contribution is 0.177. The summed E-state index contributed by atoms with van der Waals surface area (Å²) in [5.41, 5.74) is 0.940. The average Bonchev–Trinajstić information content (AvgIpc) is 3.08. The maximum atomic E-state index is 5.13. The van der Waals surface area contributed by atoms with Gasteiger partial charge in [0.25, 0.3) is 0 Å². The minimum atomic E-state index is 0. The first-order valence-corrected chi connectivity index (χ1v) is 9.68. The molecule has 2 aromatic heterocycles. The van der Waals surface area contributed by atoms with Gasteiger partial charge in [0.05, 0.1) is 18.8 Å². The highest BCUT2D eigenvalue weighted by molar-refractivity contribution is 14.0. The number of fused-ring (bicyclic) bond motifs is 1. The summed E-state index contributed by atoms with van der Waals surface area (Å²) >= 11 is 0. The van der Waals surface area contributed by atoms with Gasteiger partial charge in [-0.1, -0.05) is 6.07 Å². The van der Waals surface area contributed by atoms with Crippen LogP contribution >= 0.6 is 24.0 Å². The molecule has 0 radical (unpaired) electrons. The zero-order valence-electron chi connectivity index (χ0n) is 17.6. The molecule has 1 aliphatic heterocycles. The van der Waals surface area contributed by atoms with Gasteiger partial charge in [0.1, 0.15) is 18.2 Å². The summed E-state index contributed by atoms with van der Waals surface area (Å²) in [6.07, 6.45) is 1.88. The number of guanidine groups is 1. The third-order valence-electron chi connectivity index (χ3n) is 4.51. The maximum Gasteiger partial charge on any atom is 0.191 e. The summed E-state index contributed by atoms with van der Waals surface area (Å²) in [6, 6.07) is 6.26. The van der Waals surface area contributed by atoms with E-state index in [1.54, 1.807) is 7.11 Å². The number of rotatable bonds is 7. The van der Waals surface area contributed by atoms with Gasteiger partial charge in [0.2, 0.25) is 0 Å².